The second kappa shape index (κ2) is 7.54. The Labute approximate surface area is 191 Å². The lowest BCUT2D eigenvalue weighted by atomic mass is 10.0. The van der Waals surface area contributed by atoms with Crippen molar-refractivity contribution in [3.63, 3.8) is 0 Å². The largest absolute Gasteiger partial charge is 0.451 e. The Morgan fingerprint density at radius 2 is 1.82 bits per heavy atom. The van der Waals surface area contributed by atoms with Crippen molar-refractivity contribution in [2.24, 2.45) is 0 Å². The van der Waals surface area contributed by atoms with Crippen molar-refractivity contribution in [3.05, 3.63) is 87.7 Å². The van der Waals surface area contributed by atoms with Crippen LogP contribution >= 0.6 is 0 Å². The first-order chi connectivity index (χ1) is 16.1. The first kappa shape index (κ1) is 20.1. The standard InChI is InChI=1S/C27H24N2O4/c1-3-27(31-12-13-32-27)20-15-22-24-19(14-18-9-5-6-10-21(18)28-24)16-29(22)26(30)25(20)33-23-11-7-4-8-17(23)2/h4-11,14-15H,3,12-13,16H2,1-2H3. The van der Waals surface area contributed by atoms with Gasteiger partial charge in [0.25, 0.3) is 5.56 Å². The summed E-state index contributed by atoms with van der Waals surface area (Å²) in [5.41, 5.74) is 4.85. The van der Waals surface area contributed by atoms with Gasteiger partial charge in [-0.2, -0.15) is 0 Å². The smallest absolute Gasteiger partial charge is 0.294 e. The lowest BCUT2D eigenvalue weighted by Gasteiger charge is -2.28. The molecule has 0 atom stereocenters. The monoisotopic (exact) mass is 440 g/mol. The molecule has 0 bridgehead atoms. The maximum Gasteiger partial charge on any atom is 0.294 e. The zero-order chi connectivity index (χ0) is 22.6. The molecule has 0 saturated carbocycles. The summed E-state index contributed by atoms with van der Waals surface area (Å²) in [5.74, 6) is -0.138. The number of hydrogen-bond acceptors (Lipinski definition) is 5. The van der Waals surface area contributed by atoms with E-state index in [0.29, 0.717) is 37.5 Å². The fourth-order valence-corrected chi connectivity index (χ4v) is 4.82. The normalized spacial score (nSPS) is 16.1. The van der Waals surface area contributed by atoms with Crippen LogP contribution in [0.25, 0.3) is 22.3 Å². The van der Waals surface area contributed by atoms with Crippen molar-refractivity contribution in [3.8, 4) is 22.9 Å². The number of aromatic nitrogens is 2. The Balaban J connectivity index is 1.59. The van der Waals surface area contributed by atoms with E-state index in [-0.39, 0.29) is 11.3 Å². The molecule has 2 aromatic carbocycles. The van der Waals surface area contributed by atoms with Crippen LogP contribution in [0.15, 0.2) is 65.5 Å². The van der Waals surface area contributed by atoms with Gasteiger partial charge in [0, 0.05) is 17.4 Å². The number of aryl methyl sites for hydroxylation is 1. The molecule has 0 spiro atoms. The van der Waals surface area contributed by atoms with E-state index in [2.05, 4.69) is 6.07 Å². The van der Waals surface area contributed by atoms with Gasteiger partial charge in [0.05, 0.1) is 42.2 Å². The number of hydrogen-bond donors (Lipinski definition) is 0. The fraction of sp³-hybridized carbons (Fsp3) is 0.259. The summed E-state index contributed by atoms with van der Waals surface area (Å²) in [7, 11) is 0. The average Bonchev–Trinajstić information content (AvgIpc) is 3.46. The van der Waals surface area contributed by atoms with E-state index < -0.39 is 5.79 Å². The molecule has 6 rings (SSSR count). The van der Waals surface area contributed by atoms with Crippen LogP contribution < -0.4 is 10.3 Å². The van der Waals surface area contributed by atoms with E-state index in [1.165, 1.54) is 0 Å². The van der Waals surface area contributed by atoms with Crippen LogP contribution in [0.3, 0.4) is 0 Å². The van der Waals surface area contributed by atoms with Crippen molar-refractivity contribution in [1.82, 2.24) is 9.55 Å². The van der Waals surface area contributed by atoms with Gasteiger partial charge in [-0.15, -0.1) is 0 Å². The Hall–Kier alpha value is -3.48. The number of para-hydroxylation sites is 2. The summed E-state index contributed by atoms with van der Waals surface area (Å²) in [5, 5.41) is 1.06. The van der Waals surface area contributed by atoms with E-state index in [1.54, 1.807) is 4.57 Å². The molecular weight excluding hydrogens is 416 g/mol. The van der Waals surface area contributed by atoms with Gasteiger partial charge < -0.3 is 14.2 Å². The summed E-state index contributed by atoms with van der Waals surface area (Å²) in [6.07, 6.45) is 0.554. The van der Waals surface area contributed by atoms with Gasteiger partial charge in [-0.25, -0.2) is 4.98 Å². The van der Waals surface area contributed by atoms with E-state index in [9.17, 15) is 4.79 Å². The van der Waals surface area contributed by atoms with Crippen molar-refractivity contribution >= 4 is 10.9 Å². The summed E-state index contributed by atoms with van der Waals surface area (Å²) in [6.45, 7) is 5.34. The Morgan fingerprint density at radius 1 is 1.06 bits per heavy atom. The van der Waals surface area contributed by atoms with Gasteiger partial charge in [0.1, 0.15) is 5.75 Å². The summed E-state index contributed by atoms with van der Waals surface area (Å²) < 4.78 is 20.2. The third-order valence-electron chi connectivity index (χ3n) is 6.57. The van der Waals surface area contributed by atoms with Gasteiger partial charge in [-0.05, 0) is 36.8 Å². The molecule has 166 valence electrons. The second-order valence-electron chi connectivity index (χ2n) is 8.52. The van der Waals surface area contributed by atoms with Crippen molar-refractivity contribution < 1.29 is 14.2 Å². The zero-order valence-corrected chi connectivity index (χ0v) is 18.6. The molecule has 6 heteroatoms. The van der Waals surface area contributed by atoms with Gasteiger partial charge in [-0.1, -0.05) is 43.3 Å². The van der Waals surface area contributed by atoms with E-state index in [0.717, 1.165) is 33.4 Å². The molecular formula is C27H24N2O4. The Kier molecular flexibility index (Phi) is 4.60. The third-order valence-corrected chi connectivity index (χ3v) is 6.57. The third kappa shape index (κ3) is 3.09. The number of ether oxygens (including phenoxy) is 3. The summed E-state index contributed by atoms with van der Waals surface area (Å²) in [6, 6.07) is 19.8. The summed E-state index contributed by atoms with van der Waals surface area (Å²) in [4.78, 5) is 18.8. The van der Waals surface area contributed by atoms with Gasteiger partial charge in [0.2, 0.25) is 5.75 Å². The number of pyridine rings is 2. The van der Waals surface area contributed by atoms with Crippen LogP contribution in [0.1, 0.15) is 30.0 Å². The second-order valence-corrected chi connectivity index (χ2v) is 8.52. The van der Waals surface area contributed by atoms with Crippen LogP contribution in [0.5, 0.6) is 11.5 Å². The molecule has 4 aromatic rings. The molecule has 4 heterocycles. The SMILES string of the molecule is CCC1(c2cc3n(c(=O)c2Oc2ccccc2C)Cc2cc4ccccc4nc2-3)OCCO1. The molecule has 0 aliphatic carbocycles. The Morgan fingerprint density at radius 3 is 2.61 bits per heavy atom. The molecule has 0 amide bonds. The molecule has 1 saturated heterocycles. The summed E-state index contributed by atoms with van der Waals surface area (Å²) >= 11 is 0. The van der Waals surface area contributed by atoms with Crippen molar-refractivity contribution in [2.45, 2.75) is 32.6 Å². The lowest BCUT2D eigenvalue weighted by Crippen LogP contribution is -2.31. The van der Waals surface area contributed by atoms with Gasteiger partial charge in [0.15, 0.2) is 5.79 Å². The molecule has 2 aliphatic heterocycles. The number of nitrogens with zero attached hydrogens (tertiary/aromatic N) is 2. The average molecular weight is 440 g/mol. The molecule has 0 unspecified atom stereocenters. The van der Waals surface area contributed by atoms with Crippen molar-refractivity contribution in [1.29, 1.82) is 0 Å². The predicted molar refractivity (Wildman–Crippen MR) is 126 cm³/mol. The van der Waals surface area contributed by atoms with Gasteiger partial charge >= 0.3 is 0 Å². The molecule has 2 aliphatic rings. The maximum atomic E-state index is 13.9. The highest BCUT2D eigenvalue weighted by molar-refractivity contribution is 5.84. The highest BCUT2D eigenvalue weighted by atomic mass is 16.7. The van der Waals surface area contributed by atoms with E-state index in [4.69, 9.17) is 19.2 Å². The van der Waals surface area contributed by atoms with Crippen LogP contribution in [-0.4, -0.2) is 22.8 Å². The van der Waals surface area contributed by atoms with Crippen LogP contribution in [0.2, 0.25) is 0 Å². The first-order valence-electron chi connectivity index (χ1n) is 11.3. The number of rotatable bonds is 4. The van der Waals surface area contributed by atoms with E-state index in [1.807, 2.05) is 68.4 Å². The Bertz CT molecular complexity index is 1450. The minimum absolute atomic E-state index is 0.209. The number of benzene rings is 2. The molecule has 0 radical (unpaired) electrons. The number of fused-ring (bicyclic) bond motifs is 4. The minimum Gasteiger partial charge on any atom is -0.451 e. The van der Waals surface area contributed by atoms with Gasteiger partial charge in [-0.3, -0.25) is 9.36 Å². The van der Waals surface area contributed by atoms with Crippen LogP contribution in [0.4, 0.5) is 0 Å². The molecule has 2 aromatic heterocycles. The highest BCUT2D eigenvalue weighted by Gasteiger charge is 2.42. The lowest BCUT2D eigenvalue weighted by molar-refractivity contribution is -0.168. The highest BCUT2D eigenvalue weighted by Crippen LogP contribution is 2.43. The van der Waals surface area contributed by atoms with Crippen LogP contribution in [-0.2, 0) is 21.8 Å². The first-order valence-corrected chi connectivity index (χ1v) is 11.3. The quantitative estimate of drug-likeness (QED) is 0.387. The van der Waals surface area contributed by atoms with Crippen LogP contribution in [0, 0.1) is 6.92 Å². The minimum atomic E-state index is -1.02. The van der Waals surface area contributed by atoms with E-state index >= 15 is 0 Å². The fourth-order valence-electron chi connectivity index (χ4n) is 4.82. The zero-order valence-electron chi connectivity index (χ0n) is 18.6. The van der Waals surface area contributed by atoms with Crippen molar-refractivity contribution in [2.75, 3.05) is 13.2 Å². The maximum absolute atomic E-state index is 13.9. The topological polar surface area (TPSA) is 62.6 Å². The molecule has 1 fully saturated rings. The molecule has 33 heavy (non-hydrogen) atoms. The molecule has 6 nitrogen and oxygen atoms in total. The predicted octanol–water partition coefficient (Wildman–Crippen LogP) is 5.14. The molecule has 0 N–H and O–H groups in total.